The Hall–Kier alpha value is -3.66. The number of aromatic hydroxyl groups is 1. The van der Waals surface area contributed by atoms with Crippen LogP contribution in [0.15, 0.2) is 42.5 Å². The molecule has 2 aromatic carbocycles. The largest absolute Gasteiger partial charge is 0.502 e. The maximum Gasteiger partial charge on any atom is 0.311 e. The van der Waals surface area contributed by atoms with Crippen LogP contribution >= 0.6 is 0 Å². The third-order valence-electron chi connectivity index (χ3n) is 3.66. The molecule has 0 fully saturated rings. The van der Waals surface area contributed by atoms with E-state index >= 15 is 0 Å². The van der Waals surface area contributed by atoms with E-state index in [0.717, 1.165) is 11.0 Å². The number of nitriles is 1. The first kappa shape index (κ1) is 15.2. The molecule has 7 nitrogen and oxygen atoms in total. The standard InChI is InChI=1S/C17H12N4O3/c1-20-14-5-3-2-4-13(14)19-17(20)12(10-18)8-11-6-7-16(22)15(9-11)21(23)24/h2-9,22H,1H3. The van der Waals surface area contributed by atoms with Crippen molar-refractivity contribution in [3.05, 3.63) is 64.0 Å². The molecule has 1 aromatic heterocycles. The van der Waals surface area contributed by atoms with Crippen LogP contribution in [0.4, 0.5) is 5.69 Å². The highest BCUT2D eigenvalue weighted by Gasteiger charge is 2.15. The summed E-state index contributed by atoms with van der Waals surface area (Å²) in [6.45, 7) is 0. The summed E-state index contributed by atoms with van der Waals surface area (Å²) < 4.78 is 1.79. The highest BCUT2D eigenvalue weighted by atomic mass is 16.6. The van der Waals surface area contributed by atoms with E-state index < -0.39 is 16.4 Å². The van der Waals surface area contributed by atoms with E-state index in [-0.39, 0.29) is 5.57 Å². The molecule has 0 aliphatic heterocycles. The molecule has 0 radical (unpaired) electrons. The number of allylic oxidation sites excluding steroid dienone is 1. The predicted molar refractivity (Wildman–Crippen MR) is 89.0 cm³/mol. The van der Waals surface area contributed by atoms with Gasteiger partial charge in [-0.1, -0.05) is 18.2 Å². The molecule has 7 heteroatoms. The van der Waals surface area contributed by atoms with E-state index in [1.807, 2.05) is 24.3 Å². The average molecular weight is 320 g/mol. The fourth-order valence-corrected chi connectivity index (χ4v) is 2.48. The molecule has 0 aliphatic carbocycles. The van der Waals surface area contributed by atoms with Gasteiger partial charge in [0.2, 0.25) is 0 Å². The van der Waals surface area contributed by atoms with Gasteiger partial charge in [-0.05, 0) is 29.8 Å². The summed E-state index contributed by atoms with van der Waals surface area (Å²) in [5, 5.41) is 29.9. The normalized spacial score (nSPS) is 11.4. The highest BCUT2D eigenvalue weighted by molar-refractivity contribution is 5.91. The lowest BCUT2D eigenvalue weighted by Crippen LogP contribution is -1.96. The van der Waals surface area contributed by atoms with Crippen LogP contribution in [0.2, 0.25) is 0 Å². The number of nitrogens with zero attached hydrogens (tertiary/aromatic N) is 4. The van der Waals surface area contributed by atoms with Crippen molar-refractivity contribution in [2.24, 2.45) is 7.05 Å². The quantitative estimate of drug-likeness (QED) is 0.453. The molecule has 0 saturated heterocycles. The molecule has 0 amide bonds. The molecule has 0 aliphatic rings. The Morgan fingerprint density at radius 3 is 2.79 bits per heavy atom. The molecule has 0 spiro atoms. The summed E-state index contributed by atoms with van der Waals surface area (Å²) in [6, 6.07) is 13.5. The first-order chi connectivity index (χ1) is 11.5. The predicted octanol–water partition coefficient (Wildman–Crippen LogP) is 3.25. The van der Waals surface area contributed by atoms with Crippen molar-refractivity contribution in [1.82, 2.24) is 9.55 Å². The molecule has 1 heterocycles. The van der Waals surface area contributed by atoms with Gasteiger partial charge in [-0.25, -0.2) is 4.98 Å². The van der Waals surface area contributed by atoms with Crippen LogP contribution in [0.25, 0.3) is 22.7 Å². The zero-order chi connectivity index (χ0) is 17.3. The zero-order valence-corrected chi connectivity index (χ0v) is 12.7. The van der Waals surface area contributed by atoms with E-state index in [2.05, 4.69) is 11.1 Å². The van der Waals surface area contributed by atoms with Crippen LogP contribution in [-0.2, 0) is 7.05 Å². The second-order valence-corrected chi connectivity index (χ2v) is 5.16. The summed E-state index contributed by atoms with van der Waals surface area (Å²) in [5.74, 6) is 0.0489. The number of phenols is 1. The summed E-state index contributed by atoms with van der Waals surface area (Å²) in [5.41, 5.74) is 1.93. The van der Waals surface area contributed by atoms with Gasteiger partial charge in [-0.2, -0.15) is 5.26 Å². The molecular weight excluding hydrogens is 308 g/mol. The number of para-hydroxylation sites is 2. The van der Waals surface area contributed by atoms with E-state index in [9.17, 15) is 20.5 Å². The summed E-state index contributed by atoms with van der Waals surface area (Å²) in [4.78, 5) is 14.7. The summed E-state index contributed by atoms with van der Waals surface area (Å²) in [6.07, 6.45) is 1.51. The third kappa shape index (κ3) is 2.57. The van der Waals surface area contributed by atoms with Gasteiger partial charge >= 0.3 is 5.69 Å². The van der Waals surface area contributed by atoms with Gasteiger partial charge in [0.1, 0.15) is 6.07 Å². The molecule has 118 valence electrons. The molecule has 0 saturated carbocycles. The van der Waals surface area contributed by atoms with Crippen molar-refractivity contribution in [3.8, 4) is 11.8 Å². The molecule has 0 bridgehead atoms. The Kier molecular flexibility index (Phi) is 3.72. The average Bonchev–Trinajstić information content (AvgIpc) is 2.91. The number of aromatic nitrogens is 2. The van der Waals surface area contributed by atoms with Crippen LogP contribution in [0.1, 0.15) is 11.4 Å². The molecule has 24 heavy (non-hydrogen) atoms. The van der Waals surface area contributed by atoms with E-state index in [1.54, 1.807) is 11.6 Å². The maximum atomic E-state index is 10.9. The minimum Gasteiger partial charge on any atom is -0.502 e. The molecule has 1 N–H and O–H groups in total. The van der Waals surface area contributed by atoms with Crippen molar-refractivity contribution in [2.75, 3.05) is 0 Å². The molecule has 0 atom stereocenters. The maximum absolute atomic E-state index is 10.9. The number of phenolic OH excluding ortho intramolecular Hbond substituents is 1. The number of imidazole rings is 1. The van der Waals surface area contributed by atoms with Gasteiger partial charge in [0.15, 0.2) is 11.6 Å². The minimum atomic E-state index is -0.673. The van der Waals surface area contributed by atoms with Crippen molar-refractivity contribution >= 4 is 28.4 Å². The van der Waals surface area contributed by atoms with E-state index in [1.165, 1.54) is 24.3 Å². The number of rotatable bonds is 3. The SMILES string of the molecule is Cn1c(C(C#N)=Cc2ccc(O)c([N+](=O)[O-])c2)nc2ccccc21. The zero-order valence-electron chi connectivity index (χ0n) is 12.7. The van der Waals surface area contributed by atoms with Crippen molar-refractivity contribution < 1.29 is 10.0 Å². The number of nitro benzene ring substituents is 1. The van der Waals surface area contributed by atoms with Gasteiger partial charge in [0.25, 0.3) is 0 Å². The van der Waals surface area contributed by atoms with E-state index in [0.29, 0.717) is 11.4 Å². The van der Waals surface area contributed by atoms with Crippen LogP contribution in [0.5, 0.6) is 5.75 Å². The Labute approximate surface area is 136 Å². The second-order valence-electron chi connectivity index (χ2n) is 5.16. The van der Waals surface area contributed by atoms with Gasteiger partial charge in [0, 0.05) is 13.1 Å². The fraction of sp³-hybridized carbons (Fsp3) is 0.0588. The number of nitro groups is 1. The van der Waals surface area contributed by atoms with Crippen LogP contribution in [0.3, 0.4) is 0 Å². The number of hydrogen-bond donors (Lipinski definition) is 1. The molecule has 3 rings (SSSR count). The van der Waals surface area contributed by atoms with Crippen molar-refractivity contribution in [1.29, 1.82) is 5.26 Å². The van der Waals surface area contributed by atoms with Crippen LogP contribution in [-0.4, -0.2) is 19.6 Å². The minimum absolute atomic E-state index is 0.272. The molecule has 0 unspecified atom stereocenters. The monoisotopic (exact) mass is 320 g/mol. The Morgan fingerprint density at radius 2 is 2.12 bits per heavy atom. The summed E-state index contributed by atoms with van der Waals surface area (Å²) >= 11 is 0. The molecular formula is C17H12N4O3. The smallest absolute Gasteiger partial charge is 0.311 e. The molecule has 3 aromatic rings. The lowest BCUT2D eigenvalue weighted by atomic mass is 10.1. The Balaban J connectivity index is 2.13. The Bertz CT molecular complexity index is 1030. The van der Waals surface area contributed by atoms with Crippen LogP contribution < -0.4 is 0 Å². The lowest BCUT2D eigenvalue weighted by molar-refractivity contribution is -0.385. The lowest BCUT2D eigenvalue weighted by Gasteiger charge is -2.02. The van der Waals surface area contributed by atoms with Crippen molar-refractivity contribution in [3.63, 3.8) is 0 Å². The number of benzene rings is 2. The van der Waals surface area contributed by atoms with Gasteiger partial charge in [0.05, 0.1) is 21.5 Å². The second kappa shape index (κ2) is 5.85. The topological polar surface area (TPSA) is 105 Å². The first-order valence-corrected chi connectivity index (χ1v) is 7.02. The summed E-state index contributed by atoms with van der Waals surface area (Å²) in [7, 11) is 1.80. The highest BCUT2D eigenvalue weighted by Crippen LogP contribution is 2.28. The van der Waals surface area contributed by atoms with Gasteiger partial charge in [-0.15, -0.1) is 0 Å². The van der Waals surface area contributed by atoms with Gasteiger partial charge < -0.3 is 9.67 Å². The Morgan fingerprint density at radius 1 is 1.38 bits per heavy atom. The van der Waals surface area contributed by atoms with Crippen LogP contribution in [0, 0.1) is 21.4 Å². The first-order valence-electron chi connectivity index (χ1n) is 7.02. The number of hydrogen-bond acceptors (Lipinski definition) is 5. The van der Waals surface area contributed by atoms with E-state index in [4.69, 9.17) is 0 Å². The van der Waals surface area contributed by atoms with Crippen molar-refractivity contribution in [2.45, 2.75) is 0 Å². The number of aryl methyl sites for hydroxylation is 1. The number of fused-ring (bicyclic) bond motifs is 1. The third-order valence-corrected chi connectivity index (χ3v) is 3.66. The fourth-order valence-electron chi connectivity index (χ4n) is 2.48. The van der Waals surface area contributed by atoms with Gasteiger partial charge in [-0.3, -0.25) is 10.1 Å².